The van der Waals surface area contributed by atoms with Crippen LogP contribution in [0.3, 0.4) is 0 Å². The van der Waals surface area contributed by atoms with E-state index in [9.17, 15) is 9.59 Å². The first-order valence-corrected chi connectivity index (χ1v) is 9.10. The van der Waals surface area contributed by atoms with E-state index in [0.717, 1.165) is 19.5 Å². The normalized spacial score (nSPS) is 17.4. The van der Waals surface area contributed by atoms with Crippen molar-refractivity contribution in [3.63, 3.8) is 0 Å². The van der Waals surface area contributed by atoms with Crippen molar-refractivity contribution in [1.29, 1.82) is 0 Å². The summed E-state index contributed by atoms with van der Waals surface area (Å²) < 4.78 is 0. The van der Waals surface area contributed by atoms with Crippen molar-refractivity contribution in [1.82, 2.24) is 15.5 Å². The number of hydrogen-bond donors (Lipinski definition) is 2. The second kappa shape index (κ2) is 7.93. The van der Waals surface area contributed by atoms with E-state index in [1.807, 2.05) is 25.2 Å². The Morgan fingerprint density at radius 1 is 1.35 bits per heavy atom. The summed E-state index contributed by atoms with van der Waals surface area (Å²) in [4.78, 5) is 27.5. The molecule has 0 bridgehead atoms. The standard InChI is InChI=1S/C17H27N3O2S/c1-11(2)16(19-13(4)21)17(22)18-9-12(3)20-7-5-15-14(10-20)6-8-23-15/h6,8,11-12,16H,5,7,9-10H2,1-4H3,(H,18,22)(H,19,21)/t12-,16-/m1/s1. The Hall–Kier alpha value is -1.40. The van der Waals surface area contributed by atoms with Crippen LogP contribution in [0, 0.1) is 5.92 Å². The van der Waals surface area contributed by atoms with Crippen molar-refractivity contribution in [3.05, 3.63) is 21.9 Å². The number of amides is 2. The molecule has 128 valence electrons. The SMILES string of the molecule is CC(=O)N[C@@H](C(=O)NC[C@@H](C)N1CCc2sccc2C1)C(C)C. The first-order valence-electron chi connectivity index (χ1n) is 8.22. The minimum Gasteiger partial charge on any atom is -0.353 e. The lowest BCUT2D eigenvalue weighted by Gasteiger charge is -2.33. The van der Waals surface area contributed by atoms with Crippen molar-refractivity contribution in [2.75, 3.05) is 13.1 Å². The predicted molar refractivity (Wildman–Crippen MR) is 93.3 cm³/mol. The molecule has 0 aromatic carbocycles. The zero-order valence-electron chi connectivity index (χ0n) is 14.4. The molecule has 6 heteroatoms. The summed E-state index contributed by atoms with van der Waals surface area (Å²) in [6.07, 6.45) is 1.09. The second-order valence-electron chi connectivity index (χ2n) is 6.61. The van der Waals surface area contributed by atoms with Crippen LogP contribution < -0.4 is 10.6 Å². The summed E-state index contributed by atoms with van der Waals surface area (Å²) in [5, 5.41) is 7.87. The highest BCUT2D eigenvalue weighted by atomic mass is 32.1. The van der Waals surface area contributed by atoms with Crippen molar-refractivity contribution >= 4 is 23.2 Å². The summed E-state index contributed by atoms with van der Waals surface area (Å²) >= 11 is 1.83. The fourth-order valence-corrected chi connectivity index (χ4v) is 3.78. The van der Waals surface area contributed by atoms with Crippen molar-refractivity contribution in [2.45, 2.75) is 52.7 Å². The number of hydrogen-bond acceptors (Lipinski definition) is 4. The topological polar surface area (TPSA) is 61.4 Å². The van der Waals surface area contributed by atoms with Gasteiger partial charge in [-0.1, -0.05) is 13.8 Å². The molecule has 0 fully saturated rings. The maximum Gasteiger partial charge on any atom is 0.242 e. The van der Waals surface area contributed by atoms with E-state index in [1.54, 1.807) is 0 Å². The average Bonchev–Trinajstić information content (AvgIpc) is 2.96. The van der Waals surface area contributed by atoms with E-state index in [1.165, 1.54) is 17.4 Å². The number of carbonyl (C=O) groups excluding carboxylic acids is 2. The van der Waals surface area contributed by atoms with Crippen LogP contribution in [-0.4, -0.2) is 41.9 Å². The summed E-state index contributed by atoms with van der Waals surface area (Å²) in [7, 11) is 0. The van der Waals surface area contributed by atoms with Gasteiger partial charge in [0.15, 0.2) is 0 Å². The maximum atomic E-state index is 12.3. The number of nitrogens with zero attached hydrogens (tertiary/aromatic N) is 1. The van der Waals surface area contributed by atoms with Crippen molar-refractivity contribution in [2.24, 2.45) is 5.92 Å². The first-order chi connectivity index (χ1) is 10.9. The van der Waals surface area contributed by atoms with Gasteiger partial charge in [-0.25, -0.2) is 0 Å². The molecule has 2 rings (SSSR count). The highest BCUT2D eigenvalue weighted by Gasteiger charge is 2.25. The second-order valence-corrected chi connectivity index (χ2v) is 7.61. The number of fused-ring (bicyclic) bond motifs is 1. The van der Waals surface area contributed by atoms with Gasteiger partial charge in [0, 0.05) is 37.5 Å². The molecule has 5 nitrogen and oxygen atoms in total. The molecule has 2 N–H and O–H groups in total. The zero-order valence-corrected chi connectivity index (χ0v) is 15.2. The summed E-state index contributed by atoms with van der Waals surface area (Å²) in [6, 6.07) is 2.00. The molecule has 0 saturated heterocycles. The Morgan fingerprint density at radius 2 is 2.09 bits per heavy atom. The lowest BCUT2D eigenvalue weighted by atomic mass is 10.0. The van der Waals surface area contributed by atoms with Gasteiger partial charge in [-0.3, -0.25) is 14.5 Å². The van der Waals surface area contributed by atoms with E-state index < -0.39 is 6.04 Å². The molecule has 1 aromatic rings. The Balaban J connectivity index is 1.85. The number of nitrogens with one attached hydrogen (secondary N) is 2. The molecule has 2 heterocycles. The molecule has 0 aliphatic carbocycles. The van der Waals surface area contributed by atoms with Crippen molar-refractivity contribution < 1.29 is 9.59 Å². The first kappa shape index (κ1) is 17.9. The third kappa shape index (κ3) is 4.78. The van der Waals surface area contributed by atoms with E-state index in [0.29, 0.717) is 6.54 Å². The fraction of sp³-hybridized carbons (Fsp3) is 0.647. The molecule has 0 unspecified atom stereocenters. The van der Waals surface area contributed by atoms with Gasteiger partial charge >= 0.3 is 0 Å². The Kier molecular flexibility index (Phi) is 6.18. The van der Waals surface area contributed by atoms with Gasteiger partial charge < -0.3 is 10.6 Å². The molecule has 1 aromatic heterocycles. The van der Waals surface area contributed by atoms with Gasteiger partial charge in [-0.2, -0.15) is 0 Å². The Morgan fingerprint density at radius 3 is 2.74 bits per heavy atom. The third-order valence-electron chi connectivity index (χ3n) is 4.34. The highest BCUT2D eigenvalue weighted by Crippen LogP contribution is 2.24. The smallest absolute Gasteiger partial charge is 0.242 e. The monoisotopic (exact) mass is 337 g/mol. The van der Waals surface area contributed by atoms with Gasteiger partial charge in [0.25, 0.3) is 0 Å². The summed E-state index contributed by atoms with van der Waals surface area (Å²) in [6.45, 7) is 10.0. The van der Waals surface area contributed by atoms with Crippen LogP contribution in [0.25, 0.3) is 0 Å². The van der Waals surface area contributed by atoms with Gasteiger partial charge in [-0.05, 0) is 36.3 Å². The number of carbonyl (C=O) groups is 2. The zero-order chi connectivity index (χ0) is 17.0. The molecular weight excluding hydrogens is 310 g/mol. The predicted octanol–water partition coefficient (Wildman–Crippen LogP) is 1.77. The average molecular weight is 337 g/mol. The van der Waals surface area contributed by atoms with Crippen LogP contribution in [0.2, 0.25) is 0 Å². The van der Waals surface area contributed by atoms with Gasteiger partial charge in [0.1, 0.15) is 6.04 Å². The summed E-state index contributed by atoms with van der Waals surface area (Å²) in [5.74, 6) is -0.208. The van der Waals surface area contributed by atoms with Crippen LogP contribution in [-0.2, 0) is 22.6 Å². The Bertz CT molecular complexity index is 556. The van der Waals surface area contributed by atoms with Crippen LogP contribution >= 0.6 is 11.3 Å². The van der Waals surface area contributed by atoms with E-state index in [2.05, 4.69) is 33.9 Å². The van der Waals surface area contributed by atoms with Crippen LogP contribution in [0.1, 0.15) is 38.1 Å². The molecule has 2 atom stereocenters. The lowest BCUT2D eigenvalue weighted by Crippen LogP contribution is -2.52. The minimum absolute atomic E-state index is 0.0672. The van der Waals surface area contributed by atoms with E-state index >= 15 is 0 Å². The maximum absolute atomic E-state index is 12.3. The molecule has 0 spiro atoms. The van der Waals surface area contributed by atoms with Gasteiger partial charge in [-0.15, -0.1) is 11.3 Å². The third-order valence-corrected chi connectivity index (χ3v) is 5.36. The van der Waals surface area contributed by atoms with Crippen molar-refractivity contribution in [3.8, 4) is 0 Å². The fourth-order valence-electron chi connectivity index (χ4n) is 2.89. The van der Waals surface area contributed by atoms with Crippen LogP contribution in [0.15, 0.2) is 11.4 Å². The summed E-state index contributed by atoms with van der Waals surface area (Å²) in [5.41, 5.74) is 1.41. The van der Waals surface area contributed by atoms with Crippen LogP contribution in [0.5, 0.6) is 0 Å². The van der Waals surface area contributed by atoms with Gasteiger partial charge in [0.05, 0.1) is 0 Å². The Labute approximate surface area is 142 Å². The van der Waals surface area contributed by atoms with Crippen LogP contribution in [0.4, 0.5) is 0 Å². The molecule has 1 aliphatic heterocycles. The van der Waals surface area contributed by atoms with Gasteiger partial charge in [0.2, 0.25) is 11.8 Å². The molecule has 23 heavy (non-hydrogen) atoms. The molecule has 2 amide bonds. The molecular formula is C17H27N3O2S. The number of rotatable bonds is 6. The van der Waals surface area contributed by atoms with E-state index in [4.69, 9.17) is 0 Å². The quantitative estimate of drug-likeness (QED) is 0.832. The minimum atomic E-state index is -0.468. The molecule has 0 radical (unpaired) electrons. The lowest BCUT2D eigenvalue weighted by molar-refractivity contribution is -0.129. The molecule has 0 saturated carbocycles. The van der Waals surface area contributed by atoms with E-state index in [-0.39, 0.29) is 23.8 Å². The molecule has 1 aliphatic rings. The largest absolute Gasteiger partial charge is 0.353 e. The highest BCUT2D eigenvalue weighted by molar-refractivity contribution is 7.10. The number of thiophene rings is 1.